The van der Waals surface area contributed by atoms with Crippen molar-refractivity contribution in [2.75, 3.05) is 11.9 Å². The summed E-state index contributed by atoms with van der Waals surface area (Å²) in [6, 6.07) is 0. The lowest BCUT2D eigenvalue weighted by molar-refractivity contribution is -0.142. The monoisotopic (exact) mass is 242 g/mol. The summed E-state index contributed by atoms with van der Waals surface area (Å²) in [4.78, 5) is 10.8. The van der Waals surface area contributed by atoms with E-state index in [9.17, 15) is 4.79 Å². The Kier molecular flexibility index (Phi) is 5.60. The zero-order chi connectivity index (χ0) is 9.72. The van der Waals surface area contributed by atoms with Gasteiger partial charge in [-0.05, 0) is 0 Å². The third-order valence-corrected chi connectivity index (χ3v) is 1.98. The zero-order valence-electron chi connectivity index (χ0n) is 6.22. The van der Waals surface area contributed by atoms with Gasteiger partial charge in [0.2, 0.25) is 0 Å². The van der Waals surface area contributed by atoms with Crippen LogP contribution in [-0.4, -0.2) is 56.5 Å². The molecule has 0 rings (SSSR count). The molecule has 0 radical (unpaired) electrons. The van der Waals surface area contributed by atoms with E-state index in [0.29, 0.717) is 0 Å². The summed E-state index contributed by atoms with van der Waals surface area (Å²) >= 11 is 2.85. The number of hydrogen-bond acceptors (Lipinski definition) is 5. The van der Waals surface area contributed by atoms with Gasteiger partial charge < -0.3 is 20.4 Å². The molecule has 0 bridgehead atoms. The molecule has 3 atom stereocenters. The molecule has 0 aromatic rings. The molecule has 6 heteroatoms. The number of aliphatic hydroxyl groups is 4. The van der Waals surface area contributed by atoms with Crippen molar-refractivity contribution in [3.05, 3.63) is 0 Å². The Morgan fingerprint density at radius 1 is 1.33 bits per heavy atom. The van der Waals surface area contributed by atoms with Crippen LogP contribution in [-0.2, 0) is 4.79 Å². The van der Waals surface area contributed by atoms with Crippen LogP contribution < -0.4 is 0 Å². The van der Waals surface area contributed by atoms with Gasteiger partial charge in [-0.3, -0.25) is 4.79 Å². The molecule has 0 aromatic heterocycles. The number of halogens is 1. The standard InChI is InChI=1S/C6H11BrO5/c7-1-3(9)5(11)6(12)4(10)2-8/h3-5,8-11H,1-2H2/t3-,4+,5+/m1/s1. The maximum absolute atomic E-state index is 10.8. The van der Waals surface area contributed by atoms with Crippen molar-refractivity contribution < 1.29 is 25.2 Å². The van der Waals surface area contributed by atoms with Crippen molar-refractivity contribution in [3.63, 3.8) is 0 Å². The van der Waals surface area contributed by atoms with E-state index in [-0.39, 0.29) is 5.33 Å². The van der Waals surface area contributed by atoms with E-state index in [2.05, 4.69) is 15.9 Å². The molecular formula is C6H11BrO5. The second-order valence-electron chi connectivity index (χ2n) is 2.27. The number of alkyl halides is 1. The van der Waals surface area contributed by atoms with Gasteiger partial charge in [-0.15, -0.1) is 0 Å². The van der Waals surface area contributed by atoms with Crippen molar-refractivity contribution in [2.45, 2.75) is 18.3 Å². The van der Waals surface area contributed by atoms with Gasteiger partial charge in [0, 0.05) is 5.33 Å². The van der Waals surface area contributed by atoms with Crippen LogP contribution in [0.25, 0.3) is 0 Å². The molecule has 0 heterocycles. The Morgan fingerprint density at radius 3 is 2.17 bits per heavy atom. The first-order valence-electron chi connectivity index (χ1n) is 3.29. The number of carbonyl (C=O) groups excluding carboxylic acids is 1. The van der Waals surface area contributed by atoms with Crippen molar-refractivity contribution in [2.24, 2.45) is 0 Å². The van der Waals surface area contributed by atoms with Crippen LogP contribution >= 0.6 is 15.9 Å². The van der Waals surface area contributed by atoms with Gasteiger partial charge >= 0.3 is 0 Å². The third-order valence-electron chi connectivity index (χ3n) is 1.32. The van der Waals surface area contributed by atoms with Crippen LogP contribution in [0.5, 0.6) is 0 Å². The minimum atomic E-state index is -1.66. The molecule has 0 unspecified atom stereocenters. The molecule has 0 spiro atoms. The first-order valence-corrected chi connectivity index (χ1v) is 4.41. The summed E-state index contributed by atoms with van der Waals surface area (Å²) in [6.45, 7) is -0.759. The number of carbonyl (C=O) groups is 1. The highest BCUT2D eigenvalue weighted by atomic mass is 79.9. The molecule has 0 aliphatic rings. The molecule has 4 N–H and O–H groups in total. The quantitative estimate of drug-likeness (QED) is 0.420. The maximum Gasteiger partial charge on any atom is 0.194 e. The van der Waals surface area contributed by atoms with Crippen LogP contribution in [0.15, 0.2) is 0 Å². The minimum absolute atomic E-state index is 0.0258. The lowest BCUT2D eigenvalue weighted by Gasteiger charge is -2.16. The van der Waals surface area contributed by atoms with Gasteiger partial charge in [-0.25, -0.2) is 0 Å². The first-order chi connectivity index (χ1) is 5.54. The van der Waals surface area contributed by atoms with E-state index in [4.69, 9.17) is 20.4 Å². The molecular weight excluding hydrogens is 232 g/mol. The van der Waals surface area contributed by atoms with E-state index in [0.717, 1.165) is 0 Å². The fourth-order valence-corrected chi connectivity index (χ4v) is 0.915. The van der Waals surface area contributed by atoms with Gasteiger partial charge in [0.05, 0.1) is 12.7 Å². The summed E-state index contributed by atoms with van der Waals surface area (Å²) in [5.41, 5.74) is 0. The Hall–Kier alpha value is -0.0100. The highest BCUT2D eigenvalue weighted by molar-refractivity contribution is 9.09. The molecule has 0 fully saturated rings. The van der Waals surface area contributed by atoms with Gasteiger partial charge in [0.25, 0.3) is 0 Å². The number of ketones is 1. The van der Waals surface area contributed by atoms with Crippen LogP contribution in [0, 0.1) is 0 Å². The van der Waals surface area contributed by atoms with Crippen LogP contribution in [0.2, 0.25) is 0 Å². The van der Waals surface area contributed by atoms with Crippen LogP contribution in [0.4, 0.5) is 0 Å². The van der Waals surface area contributed by atoms with E-state index in [1.807, 2.05) is 0 Å². The number of hydrogen-bond donors (Lipinski definition) is 4. The molecule has 5 nitrogen and oxygen atoms in total. The fraction of sp³-hybridized carbons (Fsp3) is 0.833. The lowest BCUT2D eigenvalue weighted by Crippen LogP contribution is -2.42. The SMILES string of the molecule is O=C([C@@H](O)[C@H](O)CBr)[C@@H](O)CO. The highest BCUT2D eigenvalue weighted by Crippen LogP contribution is 2.01. The lowest BCUT2D eigenvalue weighted by atomic mass is 10.1. The van der Waals surface area contributed by atoms with E-state index in [1.54, 1.807) is 0 Å². The first kappa shape index (κ1) is 12.0. The molecule has 0 saturated heterocycles. The summed E-state index contributed by atoms with van der Waals surface area (Å²) in [7, 11) is 0. The Labute approximate surface area is 77.8 Å². The Balaban J connectivity index is 4.09. The largest absolute Gasteiger partial charge is 0.393 e. The average molecular weight is 243 g/mol. The van der Waals surface area contributed by atoms with Crippen molar-refractivity contribution in [1.29, 1.82) is 0 Å². The molecule has 0 aromatic carbocycles. The van der Waals surface area contributed by atoms with E-state index >= 15 is 0 Å². The second-order valence-corrected chi connectivity index (χ2v) is 2.91. The zero-order valence-corrected chi connectivity index (χ0v) is 7.81. The number of Topliss-reactive ketones (excluding diaryl/α,β-unsaturated/α-hetero) is 1. The van der Waals surface area contributed by atoms with E-state index < -0.39 is 30.7 Å². The van der Waals surface area contributed by atoms with Crippen molar-refractivity contribution >= 4 is 21.7 Å². The maximum atomic E-state index is 10.8. The number of rotatable bonds is 5. The normalized spacial score (nSPS) is 18.4. The summed E-state index contributed by atoms with van der Waals surface area (Å²) < 4.78 is 0. The molecule has 0 saturated carbocycles. The fourth-order valence-electron chi connectivity index (χ4n) is 0.561. The smallest absolute Gasteiger partial charge is 0.194 e. The van der Waals surface area contributed by atoms with Crippen LogP contribution in [0.1, 0.15) is 0 Å². The Bertz CT molecular complexity index is 151. The van der Waals surface area contributed by atoms with Gasteiger partial charge in [0.1, 0.15) is 12.2 Å². The Morgan fingerprint density at radius 2 is 1.83 bits per heavy atom. The highest BCUT2D eigenvalue weighted by Gasteiger charge is 2.28. The summed E-state index contributed by atoms with van der Waals surface area (Å²) in [6.07, 6.45) is -4.56. The molecule has 0 aliphatic heterocycles. The minimum Gasteiger partial charge on any atom is -0.393 e. The predicted octanol–water partition coefficient (Wildman–Crippen LogP) is -1.97. The molecule has 0 amide bonds. The third kappa shape index (κ3) is 3.16. The molecule has 12 heavy (non-hydrogen) atoms. The molecule has 72 valence electrons. The molecule has 0 aliphatic carbocycles. The predicted molar refractivity (Wildman–Crippen MR) is 43.9 cm³/mol. The van der Waals surface area contributed by atoms with Crippen LogP contribution in [0.3, 0.4) is 0 Å². The summed E-state index contributed by atoms with van der Waals surface area (Å²) in [5.74, 6) is -0.982. The van der Waals surface area contributed by atoms with Gasteiger partial charge in [-0.1, -0.05) is 15.9 Å². The van der Waals surface area contributed by atoms with E-state index in [1.165, 1.54) is 0 Å². The topological polar surface area (TPSA) is 98.0 Å². The van der Waals surface area contributed by atoms with Crippen molar-refractivity contribution in [3.8, 4) is 0 Å². The average Bonchev–Trinajstić information content (AvgIpc) is 2.12. The van der Waals surface area contributed by atoms with Gasteiger partial charge in [-0.2, -0.15) is 0 Å². The summed E-state index contributed by atoms with van der Waals surface area (Å²) in [5, 5.41) is 35.0. The van der Waals surface area contributed by atoms with Gasteiger partial charge in [0.15, 0.2) is 5.78 Å². The van der Waals surface area contributed by atoms with Crippen molar-refractivity contribution in [1.82, 2.24) is 0 Å². The second kappa shape index (κ2) is 5.60. The number of aliphatic hydroxyl groups excluding tert-OH is 4.